The van der Waals surface area contributed by atoms with E-state index in [1.165, 1.54) is 0 Å². The summed E-state index contributed by atoms with van der Waals surface area (Å²) >= 11 is 0. The van der Waals surface area contributed by atoms with E-state index in [0.29, 0.717) is 44.2 Å². The van der Waals surface area contributed by atoms with Gasteiger partial charge in [0.15, 0.2) is 11.5 Å². The molecule has 0 saturated carbocycles. The molecular formula is C28H30N2O5. The third kappa shape index (κ3) is 5.75. The van der Waals surface area contributed by atoms with Gasteiger partial charge in [-0.15, -0.1) is 0 Å². The van der Waals surface area contributed by atoms with Crippen LogP contribution in [0, 0.1) is 0 Å². The number of benzene rings is 3. The minimum Gasteiger partial charge on any atom is -0.491 e. The molecule has 3 aromatic carbocycles. The quantitative estimate of drug-likeness (QED) is 0.568. The zero-order chi connectivity index (χ0) is 24.0. The molecule has 0 aliphatic carbocycles. The summed E-state index contributed by atoms with van der Waals surface area (Å²) in [6.45, 7) is 3.51. The Labute approximate surface area is 205 Å². The van der Waals surface area contributed by atoms with Crippen molar-refractivity contribution in [1.82, 2.24) is 9.80 Å². The Morgan fingerprint density at radius 3 is 2.29 bits per heavy atom. The zero-order valence-electron chi connectivity index (χ0n) is 19.6. The Hall–Kier alpha value is -3.55. The first-order valence-electron chi connectivity index (χ1n) is 12.0. The first kappa shape index (κ1) is 23.2. The van der Waals surface area contributed by atoms with Crippen molar-refractivity contribution >= 4 is 5.91 Å². The number of hydrogen-bond acceptors (Lipinski definition) is 6. The molecule has 1 fully saturated rings. The van der Waals surface area contributed by atoms with Crippen LogP contribution in [0.2, 0.25) is 0 Å². The van der Waals surface area contributed by atoms with E-state index in [2.05, 4.69) is 17.0 Å². The number of aliphatic hydroxyl groups is 1. The van der Waals surface area contributed by atoms with E-state index in [-0.39, 0.29) is 19.1 Å². The summed E-state index contributed by atoms with van der Waals surface area (Å²) in [5, 5.41) is 10.5. The highest BCUT2D eigenvalue weighted by atomic mass is 16.6. The SMILES string of the molecule is O=C([C@H]1COc2ccccc2O1)N1CCN(C[C@@H](O)COc2ccc(-c3ccccc3)cc2)CC1. The zero-order valence-corrected chi connectivity index (χ0v) is 19.6. The Balaban J connectivity index is 1.04. The van der Waals surface area contributed by atoms with Gasteiger partial charge in [-0.25, -0.2) is 0 Å². The standard InChI is InChI=1S/C28H30N2O5/c31-23(19-33-24-12-10-22(11-13-24)21-6-2-1-3-7-21)18-29-14-16-30(17-15-29)28(32)27-20-34-25-8-4-5-9-26(25)35-27/h1-13,23,27,31H,14-20H2/t23-,27-/m1/s1. The monoisotopic (exact) mass is 474 g/mol. The van der Waals surface area contributed by atoms with Crippen LogP contribution in [-0.4, -0.2) is 79.0 Å². The van der Waals surface area contributed by atoms with Crippen molar-refractivity contribution in [2.75, 3.05) is 45.9 Å². The molecule has 0 bridgehead atoms. The second-order valence-electron chi connectivity index (χ2n) is 8.85. The van der Waals surface area contributed by atoms with E-state index >= 15 is 0 Å². The number of nitrogens with zero attached hydrogens (tertiary/aromatic N) is 2. The van der Waals surface area contributed by atoms with Gasteiger partial charge in [-0.05, 0) is 35.4 Å². The molecule has 2 aliphatic rings. The first-order valence-corrected chi connectivity index (χ1v) is 12.0. The predicted molar refractivity (Wildman–Crippen MR) is 133 cm³/mol. The number of hydrogen-bond donors (Lipinski definition) is 1. The van der Waals surface area contributed by atoms with Crippen LogP contribution < -0.4 is 14.2 Å². The molecule has 3 aromatic rings. The Bertz CT molecular complexity index is 1110. The number of rotatable bonds is 7. The van der Waals surface area contributed by atoms with Crippen molar-refractivity contribution in [2.24, 2.45) is 0 Å². The average Bonchev–Trinajstić information content (AvgIpc) is 2.92. The van der Waals surface area contributed by atoms with Crippen LogP contribution in [0.3, 0.4) is 0 Å². The number of ether oxygens (including phenoxy) is 3. The topological polar surface area (TPSA) is 71.5 Å². The third-order valence-electron chi connectivity index (χ3n) is 6.34. The summed E-state index contributed by atoms with van der Waals surface area (Å²) in [5.74, 6) is 1.95. The molecular weight excluding hydrogens is 444 g/mol. The van der Waals surface area contributed by atoms with E-state index in [1.807, 2.05) is 71.6 Å². The molecule has 1 N–H and O–H groups in total. The van der Waals surface area contributed by atoms with E-state index in [1.54, 1.807) is 0 Å². The van der Waals surface area contributed by atoms with Crippen LogP contribution in [0.25, 0.3) is 11.1 Å². The van der Waals surface area contributed by atoms with Crippen LogP contribution >= 0.6 is 0 Å². The number of piperazine rings is 1. The molecule has 0 spiro atoms. The van der Waals surface area contributed by atoms with E-state index < -0.39 is 12.2 Å². The van der Waals surface area contributed by atoms with E-state index in [4.69, 9.17) is 14.2 Å². The summed E-state index contributed by atoms with van der Waals surface area (Å²) in [6, 6.07) is 25.5. The molecule has 182 valence electrons. The van der Waals surface area contributed by atoms with Gasteiger partial charge in [0, 0.05) is 32.7 Å². The number of β-amino-alcohol motifs (C(OH)–C–C–N with tert-alkyl or cyclic N) is 1. The number of carbonyl (C=O) groups excluding carboxylic acids is 1. The smallest absolute Gasteiger partial charge is 0.267 e. The van der Waals surface area contributed by atoms with Gasteiger partial charge >= 0.3 is 0 Å². The van der Waals surface area contributed by atoms with Gasteiger partial charge in [-0.2, -0.15) is 0 Å². The minimum atomic E-state index is -0.622. The van der Waals surface area contributed by atoms with Crippen molar-refractivity contribution in [3.63, 3.8) is 0 Å². The van der Waals surface area contributed by atoms with Gasteiger partial charge in [-0.1, -0.05) is 54.6 Å². The van der Waals surface area contributed by atoms with Crippen LogP contribution in [0.1, 0.15) is 0 Å². The summed E-state index contributed by atoms with van der Waals surface area (Å²) in [6.07, 6.45) is -1.23. The molecule has 2 aliphatic heterocycles. The molecule has 7 heteroatoms. The highest BCUT2D eigenvalue weighted by Gasteiger charge is 2.32. The highest BCUT2D eigenvalue weighted by molar-refractivity contribution is 5.82. The predicted octanol–water partition coefficient (Wildman–Crippen LogP) is 3.08. The summed E-state index contributed by atoms with van der Waals surface area (Å²) in [7, 11) is 0. The lowest BCUT2D eigenvalue weighted by atomic mass is 10.1. The minimum absolute atomic E-state index is 0.0537. The molecule has 2 heterocycles. The van der Waals surface area contributed by atoms with Crippen molar-refractivity contribution in [3.8, 4) is 28.4 Å². The fourth-order valence-corrected chi connectivity index (χ4v) is 4.41. The van der Waals surface area contributed by atoms with Gasteiger partial charge in [0.25, 0.3) is 5.91 Å². The third-order valence-corrected chi connectivity index (χ3v) is 6.34. The Kier molecular flexibility index (Phi) is 7.16. The molecule has 7 nitrogen and oxygen atoms in total. The molecule has 2 atom stereocenters. The van der Waals surface area contributed by atoms with Gasteiger partial charge in [0.05, 0.1) is 0 Å². The summed E-state index contributed by atoms with van der Waals surface area (Å²) in [4.78, 5) is 16.9. The fourth-order valence-electron chi connectivity index (χ4n) is 4.41. The lowest BCUT2D eigenvalue weighted by molar-refractivity contribution is -0.143. The van der Waals surface area contributed by atoms with E-state index in [0.717, 1.165) is 16.9 Å². The van der Waals surface area contributed by atoms with Crippen molar-refractivity contribution < 1.29 is 24.1 Å². The normalized spacial score (nSPS) is 18.7. The molecule has 35 heavy (non-hydrogen) atoms. The van der Waals surface area contributed by atoms with Crippen LogP contribution in [0.5, 0.6) is 17.2 Å². The van der Waals surface area contributed by atoms with Gasteiger partial charge in [-0.3, -0.25) is 9.69 Å². The Morgan fingerprint density at radius 2 is 1.54 bits per heavy atom. The fraction of sp³-hybridized carbons (Fsp3) is 0.321. The van der Waals surface area contributed by atoms with Gasteiger partial charge in [0.1, 0.15) is 25.1 Å². The number of aliphatic hydroxyl groups excluding tert-OH is 1. The number of para-hydroxylation sites is 2. The largest absolute Gasteiger partial charge is 0.491 e. The van der Waals surface area contributed by atoms with Gasteiger partial charge in [0.2, 0.25) is 6.10 Å². The first-order chi connectivity index (χ1) is 17.2. The maximum atomic E-state index is 12.9. The number of amides is 1. The average molecular weight is 475 g/mol. The molecule has 0 aromatic heterocycles. The highest BCUT2D eigenvalue weighted by Crippen LogP contribution is 2.31. The summed E-state index contributed by atoms with van der Waals surface area (Å²) < 4.78 is 17.3. The van der Waals surface area contributed by atoms with Crippen molar-refractivity contribution in [3.05, 3.63) is 78.9 Å². The Morgan fingerprint density at radius 1 is 0.886 bits per heavy atom. The van der Waals surface area contributed by atoms with Crippen LogP contribution in [-0.2, 0) is 4.79 Å². The molecule has 5 rings (SSSR count). The lowest BCUT2D eigenvalue weighted by Gasteiger charge is -2.37. The molecule has 0 unspecified atom stereocenters. The summed E-state index contributed by atoms with van der Waals surface area (Å²) in [5.41, 5.74) is 2.28. The van der Waals surface area contributed by atoms with Crippen molar-refractivity contribution in [2.45, 2.75) is 12.2 Å². The number of fused-ring (bicyclic) bond motifs is 1. The maximum absolute atomic E-state index is 12.9. The van der Waals surface area contributed by atoms with Crippen molar-refractivity contribution in [1.29, 1.82) is 0 Å². The molecule has 0 radical (unpaired) electrons. The number of carbonyl (C=O) groups is 1. The van der Waals surface area contributed by atoms with Crippen LogP contribution in [0.15, 0.2) is 78.9 Å². The van der Waals surface area contributed by atoms with E-state index in [9.17, 15) is 9.90 Å². The second kappa shape index (κ2) is 10.8. The second-order valence-corrected chi connectivity index (χ2v) is 8.85. The lowest BCUT2D eigenvalue weighted by Crippen LogP contribution is -2.55. The molecule has 1 saturated heterocycles. The molecule has 1 amide bonds. The van der Waals surface area contributed by atoms with Gasteiger partial charge < -0.3 is 24.2 Å². The van der Waals surface area contributed by atoms with Crippen LogP contribution in [0.4, 0.5) is 0 Å². The maximum Gasteiger partial charge on any atom is 0.267 e.